The van der Waals surface area contributed by atoms with Crippen molar-refractivity contribution in [2.45, 2.75) is 32.7 Å². The molecule has 1 aliphatic heterocycles. The quantitative estimate of drug-likeness (QED) is 0.911. The molecule has 0 aliphatic carbocycles. The molecule has 102 valence electrons. The van der Waals surface area contributed by atoms with Gasteiger partial charge in [0.1, 0.15) is 12.1 Å². The Kier molecular flexibility index (Phi) is 3.38. The van der Waals surface area contributed by atoms with Crippen molar-refractivity contribution in [3.05, 3.63) is 24.0 Å². The van der Waals surface area contributed by atoms with E-state index in [9.17, 15) is 0 Å². The summed E-state index contributed by atoms with van der Waals surface area (Å²) in [5.41, 5.74) is 2.10. The Hall–Kier alpha value is -1.62. The van der Waals surface area contributed by atoms with Crippen LogP contribution in [0.15, 0.2) is 18.5 Å². The zero-order valence-electron chi connectivity index (χ0n) is 11.6. The fourth-order valence-electron chi connectivity index (χ4n) is 2.75. The number of anilines is 1. The van der Waals surface area contributed by atoms with Gasteiger partial charge in [0.05, 0.1) is 0 Å². The maximum Gasteiger partial charge on any atom is 0.157 e. The van der Waals surface area contributed by atoms with Crippen LogP contribution in [0.2, 0.25) is 0 Å². The number of hydrogen-bond donors (Lipinski definition) is 1. The Morgan fingerprint density at radius 2 is 2.11 bits per heavy atom. The first-order valence-corrected chi connectivity index (χ1v) is 7.02. The molecule has 1 atom stereocenters. The molecule has 0 bridgehead atoms. The van der Waals surface area contributed by atoms with Crippen LogP contribution in [0.5, 0.6) is 0 Å². The summed E-state index contributed by atoms with van der Waals surface area (Å²) in [4.78, 5) is 6.79. The van der Waals surface area contributed by atoms with Crippen LogP contribution in [0.1, 0.15) is 25.3 Å². The second kappa shape index (κ2) is 5.17. The highest BCUT2D eigenvalue weighted by Gasteiger charge is 2.17. The predicted molar refractivity (Wildman–Crippen MR) is 76.5 cm³/mol. The largest absolute Gasteiger partial charge is 0.368 e. The van der Waals surface area contributed by atoms with Crippen LogP contribution in [0.4, 0.5) is 5.82 Å². The number of likely N-dealkylation sites (tertiary alicyclic amines) is 1. The van der Waals surface area contributed by atoms with Crippen LogP contribution < -0.4 is 5.32 Å². The van der Waals surface area contributed by atoms with Crippen molar-refractivity contribution in [2.24, 2.45) is 0 Å². The van der Waals surface area contributed by atoms with Gasteiger partial charge in [-0.05, 0) is 57.5 Å². The Bertz CT molecular complexity index is 556. The van der Waals surface area contributed by atoms with Crippen molar-refractivity contribution in [2.75, 3.05) is 25.0 Å². The van der Waals surface area contributed by atoms with Gasteiger partial charge in [-0.25, -0.2) is 4.98 Å². The molecule has 1 saturated heterocycles. The topological polar surface area (TPSA) is 45.5 Å². The lowest BCUT2D eigenvalue weighted by Gasteiger charge is -2.24. The molecule has 1 unspecified atom stereocenters. The molecule has 0 spiro atoms. The Labute approximate surface area is 113 Å². The molecule has 0 aromatic carbocycles. The highest BCUT2D eigenvalue weighted by Crippen LogP contribution is 2.15. The molecule has 1 fully saturated rings. The van der Waals surface area contributed by atoms with Crippen molar-refractivity contribution in [3.63, 3.8) is 0 Å². The summed E-state index contributed by atoms with van der Waals surface area (Å²) in [6.45, 7) is 7.78. The molecule has 5 heteroatoms. The van der Waals surface area contributed by atoms with E-state index >= 15 is 0 Å². The van der Waals surface area contributed by atoms with E-state index in [0.717, 1.165) is 18.0 Å². The van der Waals surface area contributed by atoms with E-state index in [0.29, 0.717) is 6.04 Å². The zero-order valence-corrected chi connectivity index (χ0v) is 11.6. The smallest absolute Gasteiger partial charge is 0.157 e. The fraction of sp³-hybridized carbons (Fsp3) is 0.571. The monoisotopic (exact) mass is 259 g/mol. The highest BCUT2D eigenvalue weighted by atomic mass is 15.3. The number of fused-ring (bicyclic) bond motifs is 1. The van der Waals surface area contributed by atoms with Crippen molar-refractivity contribution < 1.29 is 0 Å². The van der Waals surface area contributed by atoms with E-state index in [1.807, 2.05) is 10.6 Å². The summed E-state index contributed by atoms with van der Waals surface area (Å²) in [6, 6.07) is 4.72. The molecular weight excluding hydrogens is 238 g/mol. The number of nitrogens with zero attached hydrogens (tertiary/aromatic N) is 4. The molecule has 0 amide bonds. The molecule has 2 aromatic rings. The summed E-state index contributed by atoms with van der Waals surface area (Å²) in [6.07, 6.45) is 4.27. The minimum Gasteiger partial charge on any atom is -0.368 e. The van der Waals surface area contributed by atoms with Crippen molar-refractivity contribution >= 4 is 11.5 Å². The summed E-state index contributed by atoms with van der Waals surface area (Å²) in [5.74, 6) is 1.03. The van der Waals surface area contributed by atoms with Crippen LogP contribution in [0, 0.1) is 6.92 Å². The lowest BCUT2D eigenvalue weighted by molar-refractivity contribution is 0.269. The molecule has 1 N–H and O–H groups in total. The summed E-state index contributed by atoms with van der Waals surface area (Å²) in [7, 11) is 0. The number of nitrogens with one attached hydrogen (secondary N) is 1. The van der Waals surface area contributed by atoms with E-state index < -0.39 is 0 Å². The molecule has 19 heavy (non-hydrogen) atoms. The van der Waals surface area contributed by atoms with Crippen LogP contribution in [-0.2, 0) is 0 Å². The second-order valence-corrected chi connectivity index (χ2v) is 5.42. The van der Waals surface area contributed by atoms with Gasteiger partial charge in [-0.1, -0.05) is 0 Å². The van der Waals surface area contributed by atoms with Gasteiger partial charge >= 0.3 is 0 Å². The second-order valence-electron chi connectivity index (χ2n) is 5.42. The summed E-state index contributed by atoms with van der Waals surface area (Å²) < 4.78 is 1.86. The molecule has 0 radical (unpaired) electrons. The first-order valence-electron chi connectivity index (χ1n) is 7.02. The predicted octanol–water partition coefficient (Wildman–Crippen LogP) is 1.93. The lowest BCUT2D eigenvalue weighted by Crippen LogP contribution is -2.35. The third-order valence-corrected chi connectivity index (χ3v) is 3.87. The van der Waals surface area contributed by atoms with Gasteiger partial charge in [-0.15, -0.1) is 0 Å². The van der Waals surface area contributed by atoms with Crippen molar-refractivity contribution in [1.29, 1.82) is 0 Å². The maximum atomic E-state index is 4.26. The number of aromatic nitrogens is 3. The van der Waals surface area contributed by atoms with E-state index in [4.69, 9.17) is 0 Å². The van der Waals surface area contributed by atoms with Gasteiger partial charge < -0.3 is 5.32 Å². The number of aryl methyl sites for hydroxylation is 1. The van der Waals surface area contributed by atoms with Gasteiger partial charge in [-0.2, -0.15) is 9.61 Å². The minimum absolute atomic E-state index is 0.557. The average Bonchev–Trinajstić information content (AvgIpc) is 3.05. The zero-order chi connectivity index (χ0) is 13.2. The first-order chi connectivity index (χ1) is 9.24. The summed E-state index contributed by atoms with van der Waals surface area (Å²) in [5, 5.41) is 7.77. The first kappa shape index (κ1) is 12.4. The summed E-state index contributed by atoms with van der Waals surface area (Å²) >= 11 is 0. The molecule has 0 saturated carbocycles. The van der Waals surface area contributed by atoms with Gasteiger partial charge in [0.15, 0.2) is 5.65 Å². The van der Waals surface area contributed by atoms with E-state index in [-0.39, 0.29) is 0 Å². The lowest BCUT2D eigenvalue weighted by atomic mass is 10.2. The molecule has 3 rings (SSSR count). The normalized spacial score (nSPS) is 18.0. The average molecular weight is 259 g/mol. The van der Waals surface area contributed by atoms with Gasteiger partial charge in [0.25, 0.3) is 0 Å². The molecule has 3 heterocycles. The van der Waals surface area contributed by atoms with Crippen LogP contribution in [-0.4, -0.2) is 45.2 Å². The van der Waals surface area contributed by atoms with E-state index in [2.05, 4.69) is 40.2 Å². The molecule has 5 nitrogen and oxygen atoms in total. The minimum atomic E-state index is 0.557. The Morgan fingerprint density at radius 3 is 2.89 bits per heavy atom. The Balaban J connectivity index is 1.72. The van der Waals surface area contributed by atoms with Crippen molar-refractivity contribution in [3.8, 4) is 0 Å². The van der Waals surface area contributed by atoms with E-state index in [1.165, 1.54) is 31.5 Å². The van der Waals surface area contributed by atoms with Crippen LogP contribution in [0.25, 0.3) is 5.65 Å². The van der Waals surface area contributed by atoms with E-state index in [1.54, 1.807) is 6.33 Å². The Morgan fingerprint density at radius 1 is 1.32 bits per heavy atom. The van der Waals surface area contributed by atoms with Gasteiger partial charge in [0, 0.05) is 12.6 Å². The third kappa shape index (κ3) is 2.56. The number of rotatable bonds is 4. The van der Waals surface area contributed by atoms with Crippen molar-refractivity contribution in [1.82, 2.24) is 19.5 Å². The molecule has 1 aliphatic rings. The SMILES string of the molecule is Cc1cc(NCC(C)N2CCCC2)n2ncnc2c1. The van der Waals surface area contributed by atoms with Gasteiger partial charge in [-0.3, -0.25) is 4.90 Å². The number of hydrogen-bond acceptors (Lipinski definition) is 4. The maximum absolute atomic E-state index is 4.26. The van der Waals surface area contributed by atoms with Crippen LogP contribution >= 0.6 is 0 Å². The number of pyridine rings is 1. The standard InChI is InChI=1S/C14H21N5/c1-11-7-13(19-14(8-11)16-10-17-19)15-9-12(2)18-5-3-4-6-18/h7-8,10,12,15H,3-6,9H2,1-2H3. The van der Waals surface area contributed by atoms with Gasteiger partial charge in [0.2, 0.25) is 0 Å². The van der Waals surface area contributed by atoms with Crippen LogP contribution in [0.3, 0.4) is 0 Å². The highest BCUT2D eigenvalue weighted by molar-refractivity contribution is 5.51. The fourth-order valence-corrected chi connectivity index (χ4v) is 2.75. The molecular formula is C14H21N5. The third-order valence-electron chi connectivity index (χ3n) is 3.87. The molecule has 2 aromatic heterocycles.